The van der Waals surface area contributed by atoms with Crippen molar-refractivity contribution in [1.29, 1.82) is 0 Å². The minimum Gasteiger partial charge on any atom is -0.493 e. The Morgan fingerprint density at radius 1 is 0.942 bits per heavy atom. The van der Waals surface area contributed by atoms with Crippen molar-refractivity contribution in [2.45, 2.75) is 26.2 Å². The van der Waals surface area contributed by atoms with Gasteiger partial charge in [0.05, 0.1) is 24.6 Å². The molecule has 7 rings (SSSR count). The van der Waals surface area contributed by atoms with E-state index < -0.39 is 17.2 Å². The average molecular weight is 722 g/mol. The van der Waals surface area contributed by atoms with Crippen molar-refractivity contribution < 1.29 is 23.4 Å². The topological polar surface area (TPSA) is 108 Å². The van der Waals surface area contributed by atoms with Crippen LogP contribution in [0.4, 0.5) is 10.1 Å². The molecule has 0 atom stereocenters. The predicted molar refractivity (Wildman–Crippen MR) is 200 cm³/mol. The fraction of sp³-hybridized carbons (Fsp3) is 0.250. The Hall–Kier alpha value is -5.52. The number of nitrogens with one attached hydrogen (secondary N) is 1. The van der Waals surface area contributed by atoms with E-state index in [1.165, 1.54) is 31.2 Å². The van der Waals surface area contributed by atoms with E-state index in [0.717, 1.165) is 38.0 Å². The quantitative estimate of drug-likeness (QED) is 0.133. The maximum Gasteiger partial charge on any atom is 0.261 e. The largest absolute Gasteiger partial charge is 0.493 e. The van der Waals surface area contributed by atoms with Gasteiger partial charge in [-0.15, -0.1) is 0 Å². The molecule has 3 aromatic heterocycles. The van der Waals surface area contributed by atoms with Crippen molar-refractivity contribution in [3.63, 3.8) is 0 Å². The van der Waals surface area contributed by atoms with Gasteiger partial charge in [-0.3, -0.25) is 14.6 Å². The third-order valence-electron chi connectivity index (χ3n) is 9.26. The van der Waals surface area contributed by atoms with Gasteiger partial charge in [-0.05, 0) is 98.9 Å². The molecular weight excluding hydrogens is 685 g/mol. The van der Waals surface area contributed by atoms with Gasteiger partial charge in [-0.1, -0.05) is 18.5 Å². The summed E-state index contributed by atoms with van der Waals surface area (Å²) in [5, 5.41) is 4.04. The lowest BCUT2D eigenvalue weighted by Crippen LogP contribution is -2.34. The molecule has 0 radical (unpaired) electrons. The Kier molecular flexibility index (Phi) is 10.3. The lowest BCUT2D eigenvalue weighted by molar-refractivity contribution is 0.102. The van der Waals surface area contributed by atoms with Crippen LogP contribution in [0, 0.1) is 11.7 Å². The Labute approximate surface area is 304 Å². The molecule has 1 aliphatic heterocycles. The van der Waals surface area contributed by atoms with Crippen LogP contribution in [0.2, 0.25) is 5.02 Å². The number of aromatic nitrogens is 3. The molecule has 266 valence electrons. The molecule has 4 heterocycles. The summed E-state index contributed by atoms with van der Waals surface area (Å²) in [6, 6.07) is 19.4. The average Bonchev–Trinajstić information content (AvgIpc) is 3.15. The zero-order valence-electron chi connectivity index (χ0n) is 28.8. The number of carbonyl (C=O) groups excluding carboxylic acids is 1. The van der Waals surface area contributed by atoms with Gasteiger partial charge in [-0.25, -0.2) is 9.37 Å². The SMILES string of the molecule is COc1cc2c(Oc3ccc(NC(=O)c4cn(-c5ccc(Cl)cc5)c5ncccc5c4=O)cc3F)ccnc2cc1OCCCN1CCC(C)CC1. The van der Waals surface area contributed by atoms with Crippen LogP contribution in [0.1, 0.15) is 36.5 Å². The van der Waals surface area contributed by atoms with E-state index in [1.807, 2.05) is 0 Å². The number of anilines is 1. The Morgan fingerprint density at radius 2 is 1.75 bits per heavy atom. The van der Waals surface area contributed by atoms with E-state index in [4.69, 9.17) is 25.8 Å². The smallest absolute Gasteiger partial charge is 0.261 e. The van der Waals surface area contributed by atoms with Crippen molar-refractivity contribution in [3.05, 3.63) is 118 Å². The van der Waals surface area contributed by atoms with E-state index in [9.17, 15) is 9.59 Å². The van der Waals surface area contributed by atoms with Crippen molar-refractivity contribution in [2.75, 3.05) is 38.7 Å². The highest BCUT2D eigenvalue weighted by atomic mass is 35.5. The van der Waals surface area contributed by atoms with Crippen LogP contribution in [-0.2, 0) is 0 Å². The van der Waals surface area contributed by atoms with Crippen molar-refractivity contribution in [3.8, 4) is 28.7 Å². The number of pyridine rings is 3. The predicted octanol–water partition coefficient (Wildman–Crippen LogP) is 8.28. The second-order valence-corrected chi connectivity index (χ2v) is 13.3. The number of benzene rings is 3. The maximum atomic E-state index is 15.5. The number of hydrogen-bond acceptors (Lipinski definition) is 8. The zero-order chi connectivity index (χ0) is 36.2. The molecule has 0 saturated carbocycles. The molecule has 1 N–H and O–H groups in total. The fourth-order valence-corrected chi connectivity index (χ4v) is 6.47. The first-order chi connectivity index (χ1) is 25.3. The van der Waals surface area contributed by atoms with Crippen LogP contribution < -0.4 is 25.0 Å². The van der Waals surface area contributed by atoms with Gasteiger partial charge < -0.3 is 29.0 Å². The number of halogens is 2. The van der Waals surface area contributed by atoms with Gasteiger partial charge in [-0.2, -0.15) is 0 Å². The van der Waals surface area contributed by atoms with Gasteiger partial charge in [0.25, 0.3) is 5.91 Å². The monoisotopic (exact) mass is 721 g/mol. The number of piperidine rings is 1. The number of amides is 1. The Balaban J connectivity index is 1.07. The van der Waals surface area contributed by atoms with Crippen LogP contribution in [0.15, 0.2) is 96.2 Å². The van der Waals surface area contributed by atoms with Crippen LogP contribution in [0.25, 0.3) is 27.6 Å². The van der Waals surface area contributed by atoms with E-state index in [-0.39, 0.29) is 22.4 Å². The summed E-state index contributed by atoms with van der Waals surface area (Å²) < 4.78 is 34.9. The highest BCUT2D eigenvalue weighted by molar-refractivity contribution is 6.30. The maximum absolute atomic E-state index is 15.5. The molecule has 0 unspecified atom stereocenters. The lowest BCUT2D eigenvalue weighted by Gasteiger charge is -2.30. The van der Waals surface area contributed by atoms with Gasteiger partial charge >= 0.3 is 0 Å². The molecule has 3 aromatic carbocycles. The minimum absolute atomic E-state index is 0.0706. The number of rotatable bonds is 11. The number of fused-ring (bicyclic) bond motifs is 2. The van der Waals surface area contributed by atoms with Crippen LogP contribution >= 0.6 is 11.6 Å². The van der Waals surface area contributed by atoms with Gasteiger partial charge in [0.2, 0.25) is 5.43 Å². The molecule has 1 amide bonds. The molecule has 0 aliphatic carbocycles. The molecular formula is C40H37ClFN5O5. The number of nitrogens with zero attached hydrogens (tertiary/aromatic N) is 4. The first-order valence-electron chi connectivity index (χ1n) is 17.1. The van der Waals surface area contributed by atoms with Crippen molar-refractivity contribution in [1.82, 2.24) is 19.4 Å². The summed E-state index contributed by atoms with van der Waals surface area (Å²) in [4.78, 5) is 38.2. The van der Waals surface area contributed by atoms with Crippen LogP contribution in [0.5, 0.6) is 23.0 Å². The van der Waals surface area contributed by atoms with Crippen molar-refractivity contribution in [2.24, 2.45) is 5.92 Å². The normalized spacial score (nSPS) is 13.7. The molecule has 1 saturated heterocycles. The van der Waals surface area contributed by atoms with Gasteiger partial charge in [0.15, 0.2) is 23.1 Å². The lowest BCUT2D eigenvalue weighted by atomic mass is 9.99. The summed E-state index contributed by atoms with van der Waals surface area (Å²) in [6.45, 7) is 6.08. The van der Waals surface area contributed by atoms with Crippen molar-refractivity contribution >= 4 is 45.1 Å². The third kappa shape index (κ3) is 7.56. The number of hydrogen-bond donors (Lipinski definition) is 1. The second kappa shape index (κ2) is 15.4. The van der Waals surface area contributed by atoms with Crippen LogP contribution in [0.3, 0.4) is 0 Å². The third-order valence-corrected chi connectivity index (χ3v) is 9.51. The molecule has 12 heteroatoms. The van der Waals surface area contributed by atoms with Gasteiger partial charge in [0, 0.05) is 59.1 Å². The number of carbonyl (C=O) groups is 1. The molecule has 6 aromatic rings. The van der Waals surface area contributed by atoms with E-state index in [1.54, 1.807) is 78.7 Å². The number of ether oxygens (including phenoxy) is 3. The first-order valence-corrected chi connectivity index (χ1v) is 17.5. The summed E-state index contributed by atoms with van der Waals surface area (Å²) in [7, 11) is 1.56. The molecule has 0 bridgehead atoms. The zero-order valence-corrected chi connectivity index (χ0v) is 29.5. The van der Waals surface area contributed by atoms with E-state index >= 15 is 4.39 Å². The number of likely N-dealkylation sites (tertiary alicyclic amines) is 1. The highest BCUT2D eigenvalue weighted by Crippen LogP contribution is 2.38. The molecule has 0 spiro atoms. The standard InChI is InChI=1S/C40H37ClFN5O5/c1-25-13-18-46(19-14-25)17-4-20-51-37-23-33-30(22-36(37)50-2)34(12-16-43-33)52-35-11-8-27(21-32(35)42)45-40(49)31-24-47(28-9-6-26(41)7-10-28)39-29(38(31)48)5-3-15-44-39/h3,5-12,15-16,21-25H,4,13-14,17-20H2,1-2H3,(H,45,49). The summed E-state index contributed by atoms with van der Waals surface area (Å²) in [5.41, 5.74) is 1.11. The summed E-state index contributed by atoms with van der Waals surface area (Å²) in [6.07, 6.45) is 7.92. The minimum atomic E-state index is -0.723. The number of methoxy groups -OCH3 is 1. The fourth-order valence-electron chi connectivity index (χ4n) is 6.34. The first kappa shape index (κ1) is 34.9. The Morgan fingerprint density at radius 3 is 2.52 bits per heavy atom. The van der Waals surface area contributed by atoms with E-state index in [2.05, 4.69) is 27.1 Å². The van der Waals surface area contributed by atoms with E-state index in [0.29, 0.717) is 51.1 Å². The summed E-state index contributed by atoms with van der Waals surface area (Å²) >= 11 is 6.08. The second-order valence-electron chi connectivity index (χ2n) is 12.8. The Bertz CT molecular complexity index is 2310. The molecule has 10 nitrogen and oxygen atoms in total. The molecule has 1 aliphatic rings. The summed E-state index contributed by atoms with van der Waals surface area (Å²) in [5.74, 6) is 0.730. The molecule has 52 heavy (non-hydrogen) atoms. The highest BCUT2D eigenvalue weighted by Gasteiger charge is 2.20. The molecule has 1 fully saturated rings. The van der Waals surface area contributed by atoms with Crippen LogP contribution in [-0.4, -0.2) is 58.7 Å². The van der Waals surface area contributed by atoms with Gasteiger partial charge in [0.1, 0.15) is 17.0 Å².